The molecule has 1 aromatic rings. The van der Waals surface area contributed by atoms with Crippen LogP contribution in [0.25, 0.3) is 0 Å². The molecule has 98 valence electrons. The van der Waals surface area contributed by atoms with E-state index in [-0.39, 0.29) is 6.04 Å². The number of nitrogens with zero attached hydrogens (tertiary/aromatic N) is 5. The Balaban J connectivity index is 1.98. The Labute approximate surface area is 111 Å². The summed E-state index contributed by atoms with van der Waals surface area (Å²) in [7, 11) is 4.18. The summed E-state index contributed by atoms with van der Waals surface area (Å²) in [5, 5.41) is 12.5. The van der Waals surface area contributed by atoms with Gasteiger partial charge >= 0.3 is 0 Å². The molecule has 0 saturated carbocycles. The predicted molar refractivity (Wildman–Crippen MR) is 68.9 cm³/mol. The van der Waals surface area contributed by atoms with E-state index in [1.165, 1.54) is 11.8 Å². The van der Waals surface area contributed by atoms with Gasteiger partial charge in [-0.15, -0.1) is 11.8 Å². The first-order valence-electron chi connectivity index (χ1n) is 5.86. The van der Waals surface area contributed by atoms with Crippen LogP contribution < -0.4 is 0 Å². The van der Waals surface area contributed by atoms with Crippen molar-refractivity contribution in [1.82, 2.24) is 19.9 Å². The van der Waals surface area contributed by atoms with Gasteiger partial charge in [0.2, 0.25) is 5.89 Å². The molecule has 1 aliphatic heterocycles. The summed E-state index contributed by atoms with van der Waals surface area (Å²) in [5.74, 6) is 2.40. The monoisotopic (exact) mass is 267 g/mol. The summed E-state index contributed by atoms with van der Waals surface area (Å²) in [6.07, 6.45) is 0. The first-order valence-corrected chi connectivity index (χ1v) is 7.02. The molecular weight excluding hydrogens is 250 g/mol. The molecule has 0 radical (unpaired) electrons. The van der Waals surface area contributed by atoms with E-state index < -0.39 is 0 Å². The van der Waals surface area contributed by atoms with E-state index in [4.69, 9.17) is 9.78 Å². The molecule has 0 spiro atoms. The van der Waals surface area contributed by atoms with E-state index in [2.05, 4.69) is 40.1 Å². The third kappa shape index (κ3) is 3.22. The highest BCUT2D eigenvalue weighted by Crippen LogP contribution is 2.21. The van der Waals surface area contributed by atoms with Gasteiger partial charge in [-0.2, -0.15) is 10.2 Å². The topological polar surface area (TPSA) is 69.2 Å². The van der Waals surface area contributed by atoms with E-state index in [1.807, 2.05) is 0 Å². The molecule has 7 heteroatoms. The fourth-order valence-corrected chi connectivity index (χ4v) is 2.42. The van der Waals surface area contributed by atoms with Gasteiger partial charge < -0.3 is 9.42 Å². The quantitative estimate of drug-likeness (QED) is 0.745. The third-order valence-electron chi connectivity index (χ3n) is 3.03. The number of hydrogen-bond acceptors (Lipinski definition) is 7. The van der Waals surface area contributed by atoms with Crippen molar-refractivity contribution >= 4 is 11.8 Å². The van der Waals surface area contributed by atoms with Gasteiger partial charge in [0.15, 0.2) is 5.82 Å². The summed E-state index contributed by atoms with van der Waals surface area (Å²) < 4.78 is 5.21. The highest BCUT2D eigenvalue weighted by Gasteiger charge is 2.27. The van der Waals surface area contributed by atoms with Crippen molar-refractivity contribution in [3.8, 4) is 6.07 Å². The highest BCUT2D eigenvalue weighted by molar-refractivity contribution is 7.98. The second kappa shape index (κ2) is 6.18. The standard InChI is InChI=1S/C11H17N5OS/c1-15-4-5-16(2)9(7-15)11-13-10(17-14-11)8-18-6-3-12/h9H,4-8H2,1-2H3. The van der Waals surface area contributed by atoms with Crippen molar-refractivity contribution in [1.29, 1.82) is 5.26 Å². The molecule has 0 amide bonds. The van der Waals surface area contributed by atoms with Crippen LogP contribution in [0.1, 0.15) is 17.8 Å². The van der Waals surface area contributed by atoms with Gasteiger partial charge in [-0.3, -0.25) is 4.90 Å². The molecule has 1 aromatic heterocycles. The van der Waals surface area contributed by atoms with Gasteiger partial charge in [0.1, 0.15) is 0 Å². The Kier molecular flexibility index (Phi) is 4.58. The molecule has 1 atom stereocenters. The van der Waals surface area contributed by atoms with Gasteiger partial charge in [-0.25, -0.2) is 0 Å². The summed E-state index contributed by atoms with van der Waals surface area (Å²) in [5.41, 5.74) is 0. The van der Waals surface area contributed by atoms with Crippen molar-refractivity contribution in [3.63, 3.8) is 0 Å². The van der Waals surface area contributed by atoms with Gasteiger partial charge in [-0.1, -0.05) is 5.16 Å². The molecule has 1 fully saturated rings. The van der Waals surface area contributed by atoms with Crippen LogP contribution in [0.4, 0.5) is 0 Å². The van der Waals surface area contributed by atoms with Crippen molar-refractivity contribution < 1.29 is 4.52 Å². The zero-order valence-corrected chi connectivity index (χ0v) is 11.5. The van der Waals surface area contributed by atoms with Crippen LogP contribution in [0.5, 0.6) is 0 Å². The lowest BCUT2D eigenvalue weighted by atomic mass is 10.2. The van der Waals surface area contributed by atoms with Crippen LogP contribution in [-0.4, -0.2) is 59.4 Å². The minimum absolute atomic E-state index is 0.196. The lowest BCUT2D eigenvalue weighted by molar-refractivity contribution is 0.108. The first kappa shape index (κ1) is 13.3. The molecule has 0 aliphatic carbocycles. The minimum Gasteiger partial charge on any atom is -0.338 e. The van der Waals surface area contributed by atoms with E-state index in [0.717, 1.165) is 25.5 Å². The molecule has 1 unspecified atom stereocenters. The van der Waals surface area contributed by atoms with Crippen LogP contribution in [-0.2, 0) is 5.75 Å². The molecule has 2 heterocycles. The fraction of sp³-hybridized carbons (Fsp3) is 0.727. The van der Waals surface area contributed by atoms with Crippen molar-refractivity contribution in [2.45, 2.75) is 11.8 Å². The van der Waals surface area contributed by atoms with Gasteiger partial charge in [0.25, 0.3) is 0 Å². The molecular formula is C11H17N5OS. The zero-order valence-electron chi connectivity index (χ0n) is 10.7. The van der Waals surface area contributed by atoms with Crippen molar-refractivity contribution in [3.05, 3.63) is 11.7 Å². The summed E-state index contributed by atoms with van der Waals surface area (Å²) in [6.45, 7) is 2.99. The summed E-state index contributed by atoms with van der Waals surface area (Å²) in [4.78, 5) is 8.93. The molecule has 1 saturated heterocycles. The average molecular weight is 267 g/mol. The maximum Gasteiger partial charge on any atom is 0.236 e. The van der Waals surface area contributed by atoms with E-state index in [9.17, 15) is 0 Å². The third-order valence-corrected chi connectivity index (χ3v) is 3.81. The Hall–Kier alpha value is -1.10. The van der Waals surface area contributed by atoms with E-state index >= 15 is 0 Å². The molecule has 0 bridgehead atoms. The molecule has 2 rings (SSSR count). The lowest BCUT2D eigenvalue weighted by Gasteiger charge is -2.35. The van der Waals surface area contributed by atoms with Crippen LogP contribution in [0.15, 0.2) is 4.52 Å². The largest absolute Gasteiger partial charge is 0.338 e. The number of rotatable bonds is 4. The van der Waals surface area contributed by atoms with Crippen LogP contribution in [0.3, 0.4) is 0 Å². The smallest absolute Gasteiger partial charge is 0.236 e. The highest BCUT2D eigenvalue weighted by atomic mass is 32.2. The van der Waals surface area contributed by atoms with Crippen LogP contribution >= 0.6 is 11.8 Å². The van der Waals surface area contributed by atoms with Gasteiger partial charge in [0, 0.05) is 19.6 Å². The number of aromatic nitrogens is 2. The SMILES string of the molecule is CN1CCN(C)C(c2noc(CSCC#N)n2)C1. The summed E-state index contributed by atoms with van der Waals surface area (Å²) in [6, 6.07) is 2.28. The predicted octanol–water partition coefficient (Wildman–Crippen LogP) is 0.745. The Morgan fingerprint density at radius 2 is 2.33 bits per heavy atom. The molecule has 1 aliphatic rings. The number of nitriles is 1. The fourth-order valence-electron chi connectivity index (χ4n) is 1.93. The molecule has 0 N–H and O–H groups in total. The van der Waals surface area contributed by atoms with Crippen LogP contribution in [0.2, 0.25) is 0 Å². The number of likely N-dealkylation sites (N-methyl/N-ethyl adjacent to an activating group) is 2. The second-order valence-corrected chi connectivity index (χ2v) is 5.44. The summed E-state index contributed by atoms with van der Waals surface area (Å²) >= 11 is 1.49. The molecule has 18 heavy (non-hydrogen) atoms. The zero-order chi connectivity index (χ0) is 13.0. The maximum atomic E-state index is 8.47. The van der Waals surface area contributed by atoms with E-state index in [1.54, 1.807) is 0 Å². The number of thioether (sulfide) groups is 1. The van der Waals surface area contributed by atoms with Crippen molar-refractivity contribution in [2.24, 2.45) is 0 Å². The second-order valence-electron chi connectivity index (χ2n) is 4.46. The minimum atomic E-state index is 0.196. The van der Waals surface area contributed by atoms with Gasteiger partial charge in [0.05, 0.1) is 23.6 Å². The average Bonchev–Trinajstić information content (AvgIpc) is 2.81. The Morgan fingerprint density at radius 1 is 1.50 bits per heavy atom. The van der Waals surface area contributed by atoms with E-state index in [0.29, 0.717) is 17.4 Å². The van der Waals surface area contributed by atoms with Crippen LogP contribution in [0, 0.1) is 11.3 Å². The lowest BCUT2D eigenvalue weighted by Crippen LogP contribution is -2.45. The normalized spacial score (nSPS) is 21.9. The van der Waals surface area contributed by atoms with Gasteiger partial charge in [-0.05, 0) is 14.1 Å². The molecule has 0 aromatic carbocycles. The molecule has 6 nitrogen and oxygen atoms in total. The number of hydrogen-bond donors (Lipinski definition) is 0. The maximum absolute atomic E-state index is 8.47. The Morgan fingerprint density at radius 3 is 3.11 bits per heavy atom. The first-order chi connectivity index (χ1) is 8.70. The number of piperazine rings is 1. The Bertz CT molecular complexity index is 429. The van der Waals surface area contributed by atoms with Crippen molar-refractivity contribution in [2.75, 3.05) is 39.5 Å².